The maximum atomic E-state index is 12.8. The van der Waals surface area contributed by atoms with Crippen LogP contribution in [0.5, 0.6) is 0 Å². The zero-order chi connectivity index (χ0) is 25.2. The van der Waals surface area contributed by atoms with E-state index in [0.717, 1.165) is 0 Å². The number of nitrogens with one attached hydrogen (secondary N) is 2. The highest BCUT2D eigenvalue weighted by Gasteiger charge is 2.37. The topological polar surface area (TPSA) is 117 Å². The zero-order valence-electron chi connectivity index (χ0n) is 20.2. The van der Waals surface area contributed by atoms with Gasteiger partial charge in [0.1, 0.15) is 0 Å². The van der Waals surface area contributed by atoms with Crippen LogP contribution in [0.25, 0.3) is 0 Å². The van der Waals surface area contributed by atoms with Gasteiger partial charge in [0.15, 0.2) is 0 Å². The van der Waals surface area contributed by atoms with Gasteiger partial charge in [-0.05, 0) is 38.8 Å². The summed E-state index contributed by atoms with van der Waals surface area (Å²) in [6.45, 7) is 7.17. The first-order valence-corrected chi connectivity index (χ1v) is 11.1. The molecule has 2 atom stereocenters. The summed E-state index contributed by atoms with van der Waals surface area (Å²) < 4.78 is 10.5. The van der Waals surface area contributed by atoms with Gasteiger partial charge in [0.05, 0.1) is 36.4 Å². The van der Waals surface area contributed by atoms with Crippen LogP contribution in [0.1, 0.15) is 50.9 Å². The number of benzene rings is 1. The molecule has 10 nitrogen and oxygen atoms in total. The average Bonchev–Trinajstić information content (AvgIpc) is 2.80. The summed E-state index contributed by atoms with van der Waals surface area (Å²) in [7, 11) is 3.15. The lowest BCUT2D eigenvalue weighted by atomic mass is 9.89. The molecule has 2 heterocycles. The molecular weight excluding hydrogens is 440 g/mol. The number of ether oxygens (including phenoxy) is 2. The zero-order valence-corrected chi connectivity index (χ0v) is 20.2. The minimum Gasteiger partial charge on any atom is -0.463 e. The summed E-state index contributed by atoms with van der Waals surface area (Å²) >= 11 is 0. The number of urea groups is 2. The van der Waals surface area contributed by atoms with E-state index in [4.69, 9.17) is 9.47 Å². The molecule has 1 aromatic rings. The third kappa shape index (κ3) is 4.48. The highest BCUT2D eigenvalue weighted by molar-refractivity contribution is 5.96. The molecule has 2 aliphatic heterocycles. The normalized spacial score (nSPS) is 20.8. The Kier molecular flexibility index (Phi) is 7.29. The van der Waals surface area contributed by atoms with Gasteiger partial charge < -0.3 is 29.9 Å². The molecule has 0 radical (unpaired) electrons. The smallest absolute Gasteiger partial charge is 0.338 e. The fraction of sp³-hybridized carbons (Fsp3) is 0.417. The average molecular weight is 471 g/mol. The third-order valence-corrected chi connectivity index (χ3v) is 6.08. The van der Waals surface area contributed by atoms with Gasteiger partial charge in [-0.15, -0.1) is 0 Å². The lowest BCUT2D eigenvalue weighted by Gasteiger charge is -2.35. The number of esters is 2. The van der Waals surface area contributed by atoms with Crippen LogP contribution in [0.15, 0.2) is 46.8 Å². The van der Waals surface area contributed by atoms with Crippen LogP contribution in [0.2, 0.25) is 0 Å². The van der Waals surface area contributed by atoms with Gasteiger partial charge in [0.25, 0.3) is 0 Å². The van der Waals surface area contributed by atoms with Crippen molar-refractivity contribution in [3.8, 4) is 0 Å². The van der Waals surface area contributed by atoms with Crippen molar-refractivity contribution >= 4 is 24.0 Å². The van der Waals surface area contributed by atoms with Crippen molar-refractivity contribution in [1.29, 1.82) is 0 Å². The van der Waals surface area contributed by atoms with Gasteiger partial charge in [-0.3, -0.25) is 0 Å². The lowest BCUT2D eigenvalue weighted by molar-refractivity contribution is -0.140. The number of carbonyl (C=O) groups is 4. The molecule has 0 saturated heterocycles. The van der Waals surface area contributed by atoms with Crippen LogP contribution in [0, 0.1) is 0 Å². The molecule has 2 aliphatic rings. The van der Waals surface area contributed by atoms with E-state index in [1.807, 2.05) is 0 Å². The van der Waals surface area contributed by atoms with Crippen molar-refractivity contribution in [3.05, 3.63) is 57.9 Å². The fourth-order valence-corrected chi connectivity index (χ4v) is 4.04. The van der Waals surface area contributed by atoms with Crippen LogP contribution in [0.3, 0.4) is 0 Å². The molecule has 10 heteroatoms. The first-order valence-electron chi connectivity index (χ1n) is 11.1. The molecule has 0 fully saturated rings. The maximum Gasteiger partial charge on any atom is 0.338 e. The molecule has 3 rings (SSSR count). The minimum atomic E-state index is -0.763. The Bertz CT molecular complexity index is 1010. The van der Waals surface area contributed by atoms with Gasteiger partial charge in [-0.1, -0.05) is 24.3 Å². The molecule has 0 spiro atoms. The van der Waals surface area contributed by atoms with Gasteiger partial charge in [-0.25, -0.2) is 19.2 Å². The Morgan fingerprint density at radius 1 is 0.824 bits per heavy atom. The molecular formula is C24H30N4O6. The molecule has 4 amide bonds. The largest absolute Gasteiger partial charge is 0.463 e. The highest BCUT2D eigenvalue weighted by Crippen LogP contribution is 2.35. The van der Waals surface area contributed by atoms with Crippen LogP contribution in [-0.4, -0.2) is 61.1 Å². The van der Waals surface area contributed by atoms with Crippen LogP contribution in [0.4, 0.5) is 9.59 Å². The second kappa shape index (κ2) is 9.98. The fourth-order valence-electron chi connectivity index (χ4n) is 4.04. The number of hydrogen-bond acceptors (Lipinski definition) is 6. The summed E-state index contributed by atoms with van der Waals surface area (Å²) in [5.74, 6) is -1.06. The third-order valence-electron chi connectivity index (χ3n) is 6.08. The first kappa shape index (κ1) is 24.8. The van der Waals surface area contributed by atoms with Gasteiger partial charge >= 0.3 is 24.0 Å². The molecule has 2 N–H and O–H groups in total. The molecule has 0 bridgehead atoms. The number of rotatable bonds is 6. The van der Waals surface area contributed by atoms with Crippen molar-refractivity contribution in [1.82, 2.24) is 20.4 Å². The number of amides is 4. The lowest BCUT2D eigenvalue weighted by Crippen LogP contribution is -2.47. The molecule has 2 unspecified atom stereocenters. The molecule has 0 aromatic heterocycles. The van der Waals surface area contributed by atoms with Crippen molar-refractivity contribution in [2.75, 3.05) is 27.3 Å². The molecule has 0 saturated carbocycles. The summed E-state index contributed by atoms with van der Waals surface area (Å²) in [4.78, 5) is 53.3. The van der Waals surface area contributed by atoms with E-state index in [9.17, 15) is 19.2 Å². The predicted molar refractivity (Wildman–Crippen MR) is 123 cm³/mol. The minimum absolute atomic E-state index is 0.189. The highest BCUT2D eigenvalue weighted by atomic mass is 16.5. The Labute approximate surface area is 198 Å². The monoisotopic (exact) mass is 470 g/mol. The number of hydrogen-bond donors (Lipinski definition) is 2. The Morgan fingerprint density at radius 2 is 1.21 bits per heavy atom. The van der Waals surface area contributed by atoms with E-state index in [0.29, 0.717) is 33.7 Å². The van der Waals surface area contributed by atoms with Crippen molar-refractivity contribution in [2.45, 2.75) is 39.8 Å². The van der Waals surface area contributed by atoms with E-state index in [1.54, 1.807) is 66.1 Å². The van der Waals surface area contributed by atoms with Crippen molar-refractivity contribution in [3.63, 3.8) is 0 Å². The summed E-state index contributed by atoms with van der Waals surface area (Å²) in [6, 6.07) is 4.78. The summed E-state index contributed by atoms with van der Waals surface area (Å²) in [5, 5.41) is 5.68. The molecule has 34 heavy (non-hydrogen) atoms. The second-order valence-electron chi connectivity index (χ2n) is 7.99. The Hall–Kier alpha value is -3.82. The van der Waals surface area contributed by atoms with Crippen LogP contribution >= 0.6 is 0 Å². The quantitative estimate of drug-likeness (QED) is 0.618. The number of allylic oxidation sites excluding steroid dienone is 2. The first-order chi connectivity index (χ1) is 16.1. The summed E-state index contributed by atoms with van der Waals surface area (Å²) in [5.41, 5.74) is 2.80. The van der Waals surface area contributed by atoms with Crippen molar-refractivity contribution in [2.24, 2.45) is 0 Å². The number of carbonyl (C=O) groups excluding carboxylic acids is 4. The Morgan fingerprint density at radius 3 is 1.56 bits per heavy atom. The molecule has 182 valence electrons. The van der Waals surface area contributed by atoms with E-state index in [1.165, 1.54) is 9.80 Å². The maximum absolute atomic E-state index is 12.8. The van der Waals surface area contributed by atoms with Gasteiger partial charge in [-0.2, -0.15) is 0 Å². The van der Waals surface area contributed by atoms with E-state index in [2.05, 4.69) is 10.6 Å². The van der Waals surface area contributed by atoms with E-state index >= 15 is 0 Å². The second-order valence-corrected chi connectivity index (χ2v) is 7.99. The van der Waals surface area contributed by atoms with E-state index in [-0.39, 0.29) is 25.3 Å². The standard InChI is InChI=1S/C24H30N4O6/c1-7-33-21(29)17-13(3)27(5)23(31)25-19(17)15-10-9-11-16(12-15)20-18(22(30)34-8-2)14(4)28(6)24(32)26-20/h9-12,19-20H,7-8H2,1-6H3,(H,25,31)(H,26,32). The van der Waals surface area contributed by atoms with Gasteiger partial charge in [0, 0.05) is 25.5 Å². The van der Waals surface area contributed by atoms with Gasteiger partial charge in [0.2, 0.25) is 0 Å². The predicted octanol–water partition coefficient (Wildman–Crippen LogP) is 2.75. The molecule has 0 aliphatic carbocycles. The number of nitrogens with zero attached hydrogens (tertiary/aromatic N) is 2. The Balaban J connectivity index is 2.10. The van der Waals surface area contributed by atoms with Crippen LogP contribution in [-0.2, 0) is 19.1 Å². The SMILES string of the molecule is CCOC(=O)C1=C(C)N(C)C(=O)NC1c1cccc(C2NC(=O)N(C)C(C)=C2C(=O)OCC)c1. The van der Waals surface area contributed by atoms with Crippen LogP contribution < -0.4 is 10.6 Å². The molecule has 1 aromatic carbocycles. The van der Waals surface area contributed by atoms with Crippen molar-refractivity contribution < 1.29 is 28.7 Å². The summed E-state index contributed by atoms with van der Waals surface area (Å²) in [6.07, 6.45) is 0. The van der Waals surface area contributed by atoms with E-state index < -0.39 is 24.0 Å².